The maximum Gasteiger partial charge on any atom is 0.220 e. The van der Waals surface area contributed by atoms with E-state index in [-0.39, 0.29) is 30.0 Å². The van der Waals surface area contributed by atoms with Crippen molar-refractivity contribution in [2.24, 2.45) is 0 Å². The summed E-state index contributed by atoms with van der Waals surface area (Å²) in [5.41, 5.74) is 5.52. The normalized spacial score (nSPS) is 19.2. The number of benzene rings is 1. The van der Waals surface area contributed by atoms with Crippen molar-refractivity contribution in [1.82, 2.24) is 5.32 Å². The van der Waals surface area contributed by atoms with Crippen LogP contribution < -0.4 is 15.8 Å². The van der Waals surface area contributed by atoms with Crippen LogP contribution in [0.15, 0.2) is 12.1 Å². The molecule has 0 saturated carbocycles. The van der Waals surface area contributed by atoms with Gasteiger partial charge in [-0.1, -0.05) is 0 Å². The molecule has 1 unspecified atom stereocenters. The fraction of sp³-hybridized carbons (Fsp3) is 0.364. The molecule has 0 spiro atoms. The number of nitrogens with one attached hydrogen (secondary N) is 1. The summed E-state index contributed by atoms with van der Waals surface area (Å²) in [4.78, 5) is 10.9. The number of nitrogens with two attached hydrogens (primary N) is 1. The average molecular weight is 242 g/mol. The number of rotatable bonds is 3. The van der Waals surface area contributed by atoms with Crippen LogP contribution in [-0.4, -0.2) is 18.6 Å². The predicted molar refractivity (Wildman–Crippen MR) is 57.4 cm³/mol. The zero-order chi connectivity index (χ0) is 12.4. The summed E-state index contributed by atoms with van der Waals surface area (Å²) >= 11 is 0. The van der Waals surface area contributed by atoms with Gasteiger partial charge in [-0.3, -0.25) is 4.79 Å². The second kappa shape index (κ2) is 4.57. The van der Waals surface area contributed by atoms with Gasteiger partial charge in [-0.15, -0.1) is 0 Å². The number of amides is 1. The highest BCUT2D eigenvalue weighted by Gasteiger charge is 2.22. The molecule has 6 heteroatoms. The number of hydrogen-bond acceptors (Lipinski definition) is 3. The lowest BCUT2D eigenvalue weighted by Gasteiger charge is -2.14. The van der Waals surface area contributed by atoms with E-state index in [0.717, 1.165) is 6.07 Å². The molecule has 3 N–H and O–H groups in total. The first-order valence-electron chi connectivity index (χ1n) is 5.23. The molecule has 0 aliphatic carbocycles. The molecule has 17 heavy (non-hydrogen) atoms. The highest BCUT2D eigenvalue weighted by atomic mass is 19.2. The topological polar surface area (TPSA) is 64.3 Å². The van der Waals surface area contributed by atoms with Crippen LogP contribution in [0.25, 0.3) is 0 Å². The smallest absolute Gasteiger partial charge is 0.220 e. The van der Waals surface area contributed by atoms with Gasteiger partial charge in [0.25, 0.3) is 0 Å². The minimum atomic E-state index is -1.10. The van der Waals surface area contributed by atoms with Crippen LogP contribution in [0.3, 0.4) is 0 Å². The Hall–Kier alpha value is -1.85. The molecule has 0 radical (unpaired) electrons. The van der Waals surface area contributed by atoms with Gasteiger partial charge in [-0.25, -0.2) is 4.39 Å². The lowest BCUT2D eigenvalue weighted by Crippen LogP contribution is -2.31. The van der Waals surface area contributed by atoms with E-state index >= 15 is 0 Å². The Bertz CT molecular complexity index is 451. The van der Waals surface area contributed by atoms with E-state index in [2.05, 4.69) is 5.32 Å². The molecular weight excluding hydrogens is 230 g/mol. The summed E-state index contributed by atoms with van der Waals surface area (Å²) in [6.45, 7) is 0.0797. The first kappa shape index (κ1) is 11.6. The first-order valence-corrected chi connectivity index (χ1v) is 5.23. The molecule has 0 bridgehead atoms. The van der Waals surface area contributed by atoms with Gasteiger partial charge in [-0.05, 0) is 18.6 Å². The second-order valence-corrected chi connectivity index (χ2v) is 3.89. The Morgan fingerprint density at radius 1 is 1.47 bits per heavy atom. The lowest BCUT2D eigenvalue weighted by atomic mass is 10.2. The van der Waals surface area contributed by atoms with E-state index in [1.165, 1.54) is 6.07 Å². The van der Waals surface area contributed by atoms with Crippen molar-refractivity contribution in [3.8, 4) is 5.75 Å². The minimum absolute atomic E-state index is 0.0354. The largest absolute Gasteiger partial charge is 0.486 e. The molecule has 1 aromatic carbocycles. The van der Waals surface area contributed by atoms with Crippen molar-refractivity contribution < 1.29 is 18.3 Å². The van der Waals surface area contributed by atoms with Gasteiger partial charge < -0.3 is 15.8 Å². The summed E-state index contributed by atoms with van der Waals surface area (Å²) in [5.74, 6) is -2.48. The Morgan fingerprint density at radius 3 is 2.88 bits per heavy atom. The third kappa shape index (κ3) is 2.46. The molecule has 92 valence electrons. The first-order chi connectivity index (χ1) is 8.08. The van der Waals surface area contributed by atoms with Crippen LogP contribution in [0.4, 0.5) is 14.5 Å². The SMILES string of the molecule is Nc1ccc(F)c(F)c1OCC1CCC(=O)N1. The molecular formula is C11H12F2N2O2. The molecule has 4 nitrogen and oxygen atoms in total. The number of anilines is 1. The maximum absolute atomic E-state index is 13.3. The maximum atomic E-state index is 13.3. The van der Waals surface area contributed by atoms with E-state index < -0.39 is 11.6 Å². The molecule has 1 atom stereocenters. The van der Waals surface area contributed by atoms with Crippen molar-refractivity contribution in [3.05, 3.63) is 23.8 Å². The van der Waals surface area contributed by atoms with Gasteiger partial charge in [0.15, 0.2) is 11.6 Å². The fourth-order valence-corrected chi connectivity index (χ4v) is 1.68. The number of nitrogen functional groups attached to an aromatic ring is 1. The van der Waals surface area contributed by atoms with E-state index in [0.29, 0.717) is 12.8 Å². The van der Waals surface area contributed by atoms with Gasteiger partial charge in [0, 0.05) is 6.42 Å². The zero-order valence-electron chi connectivity index (χ0n) is 9.00. The third-order valence-corrected chi connectivity index (χ3v) is 2.59. The van der Waals surface area contributed by atoms with Crippen LogP contribution >= 0.6 is 0 Å². The molecule has 1 saturated heterocycles. The lowest BCUT2D eigenvalue weighted by molar-refractivity contribution is -0.119. The van der Waals surface area contributed by atoms with Crippen molar-refractivity contribution in [2.45, 2.75) is 18.9 Å². The molecule has 1 fully saturated rings. The summed E-state index contributed by atoms with van der Waals surface area (Å²) in [6.07, 6.45) is 1.05. The van der Waals surface area contributed by atoms with Gasteiger partial charge in [0.1, 0.15) is 6.61 Å². The Morgan fingerprint density at radius 2 is 2.24 bits per heavy atom. The molecule has 0 aromatic heterocycles. The molecule has 1 aliphatic rings. The van der Waals surface area contributed by atoms with Crippen LogP contribution in [0.2, 0.25) is 0 Å². The highest BCUT2D eigenvalue weighted by Crippen LogP contribution is 2.27. The number of ether oxygens (including phenoxy) is 1. The van der Waals surface area contributed by atoms with Gasteiger partial charge in [-0.2, -0.15) is 4.39 Å². The van der Waals surface area contributed by atoms with E-state index in [4.69, 9.17) is 10.5 Å². The predicted octanol–water partition coefficient (Wildman–Crippen LogP) is 1.20. The molecule has 1 aromatic rings. The van der Waals surface area contributed by atoms with Gasteiger partial charge >= 0.3 is 0 Å². The highest BCUT2D eigenvalue weighted by molar-refractivity contribution is 5.78. The molecule has 1 heterocycles. The van der Waals surface area contributed by atoms with E-state index in [1.54, 1.807) is 0 Å². The number of hydrogen-bond donors (Lipinski definition) is 2. The Labute approximate surface area is 96.7 Å². The van der Waals surface area contributed by atoms with E-state index in [1.807, 2.05) is 0 Å². The number of carbonyl (C=O) groups excluding carboxylic acids is 1. The number of carbonyl (C=O) groups is 1. The van der Waals surface area contributed by atoms with Gasteiger partial charge in [0.2, 0.25) is 11.7 Å². The molecule has 1 aliphatic heterocycles. The summed E-state index contributed by atoms with van der Waals surface area (Å²) in [5, 5.41) is 2.66. The standard InChI is InChI=1S/C11H12F2N2O2/c12-7-2-3-8(14)11(10(7)13)17-5-6-1-4-9(16)15-6/h2-3,6H,1,4-5,14H2,(H,15,16). The average Bonchev–Trinajstić information content (AvgIpc) is 2.70. The Kier molecular flexibility index (Phi) is 3.12. The van der Waals surface area contributed by atoms with Crippen molar-refractivity contribution >= 4 is 11.6 Å². The number of halogens is 2. The monoisotopic (exact) mass is 242 g/mol. The van der Waals surface area contributed by atoms with Crippen LogP contribution in [0.1, 0.15) is 12.8 Å². The van der Waals surface area contributed by atoms with Crippen LogP contribution in [-0.2, 0) is 4.79 Å². The molecule has 2 rings (SSSR count). The minimum Gasteiger partial charge on any atom is -0.486 e. The Balaban J connectivity index is 2.04. The quantitative estimate of drug-likeness (QED) is 0.783. The second-order valence-electron chi connectivity index (χ2n) is 3.89. The van der Waals surface area contributed by atoms with E-state index in [9.17, 15) is 13.6 Å². The van der Waals surface area contributed by atoms with Crippen molar-refractivity contribution in [1.29, 1.82) is 0 Å². The van der Waals surface area contributed by atoms with Crippen molar-refractivity contribution in [2.75, 3.05) is 12.3 Å². The fourth-order valence-electron chi connectivity index (χ4n) is 1.68. The van der Waals surface area contributed by atoms with Crippen molar-refractivity contribution in [3.63, 3.8) is 0 Å². The third-order valence-electron chi connectivity index (χ3n) is 2.59. The van der Waals surface area contributed by atoms with Crippen LogP contribution in [0, 0.1) is 11.6 Å². The summed E-state index contributed by atoms with van der Waals surface area (Å²) < 4.78 is 31.4. The zero-order valence-corrected chi connectivity index (χ0v) is 9.00. The van der Waals surface area contributed by atoms with Crippen LogP contribution in [0.5, 0.6) is 5.75 Å². The van der Waals surface area contributed by atoms with Gasteiger partial charge in [0.05, 0.1) is 11.7 Å². The summed E-state index contributed by atoms with van der Waals surface area (Å²) in [7, 11) is 0. The summed E-state index contributed by atoms with van der Waals surface area (Å²) in [6, 6.07) is 2.00. The molecule has 1 amide bonds.